The molecule has 1 aromatic carbocycles. The number of piperazine rings is 1. The number of thiol groups is 1. The van der Waals surface area contributed by atoms with Gasteiger partial charge in [-0.2, -0.15) is 0 Å². The van der Waals surface area contributed by atoms with Crippen molar-refractivity contribution in [1.29, 1.82) is 0 Å². The zero-order chi connectivity index (χ0) is 12.3. The Morgan fingerprint density at radius 2 is 1.88 bits per heavy atom. The molecule has 92 valence electrons. The third-order valence-electron chi connectivity index (χ3n) is 3.10. The number of rotatable bonds is 2. The summed E-state index contributed by atoms with van der Waals surface area (Å²) >= 11 is 9.29. The van der Waals surface area contributed by atoms with Crippen LogP contribution in [-0.2, 0) is 6.54 Å². The first-order valence-corrected chi connectivity index (χ1v) is 6.58. The van der Waals surface area contributed by atoms with Crippen molar-refractivity contribution in [3.8, 4) is 0 Å². The monoisotopic (exact) mass is 267 g/mol. The van der Waals surface area contributed by atoms with E-state index in [-0.39, 0.29) is 0 Å². The highest BCUT2D eigenvalue weighted by atomic mass is 32.1. The summed E-state index contributed by atoms with van der Waals surface area (Å²) in [5.74, 6) is 0. The normalized spacial score (nSPS) is 16.1. The van der Waals surface area contributed by atoms with Gasteiger partial charge in [-0.15, -0.1) is 12.6 Å². The van der Waals surface area contributed by atoms with E-state index < -0.39 is 0 Å². The van der Waals surface area contributed by atoms with Gasteiger partial charge in [-0.25, -0.2) is 0 Å². The first-order chi connectivity index (χ1) is 8.22. The molecule has 1 aliphatic heterocycles. The summed E-state index contributed by atoms with van der Waals surface area (Å²) in [7, 11) is 0. The van der Waals surface area contributed by atoms with Crippen molar-refractivity contribution in [1.82, 2.24) is 4.90 Å². The van der Waals surface area contributed by atoms with Crippen LogP contribution in [0.5, 0.6) is 0 Å². The van der Waals surface area contributed by atoms with E-state index in [0.717, 1.165) is 26.2 Å². The van der Waals surface area contributed by atoms with Crippen molar-refractivity contribution in [3.05, 3.63) is 29.8 Å². The zero-order valence-corrected chi connectivity index (χ0v) is 11.4. The van der Waals surface area contributed by atoms with Gasteiger partial charge in [0, 0.05) is 38.4 Å². The van der Waals surface area contributed by atoms with E-state index in [1.807, 2.05) is 6.07 Å². The summed E-state index contributed by atoms with van der Waals surface area (Å²) in [6.45, 7) is 4.39. The molecular weight excluding hydrogens is 250 g/mol. The predicted octanol–water partition coefficient (Wildman–Crippen LogP) is 1.48. The van der Waals surface area contributed by atoms with Gasteiger partial charge in [-0.3, -0.25) is 0 Å². The molecule has 5 heteroatoms. The lowest BCUT2D eigenvalue weighted by atomic mass is 10.1. The van der Waals surface area contributed by atoms with E-state index in [0.29, 0.717) is 10.9 Å². The Morgan fingerprint density at radius 3 is 2.47 bits per heavy atom. The van der Waals surface area contributed by atoms with Crippen molar-refractivity contribution < 1.29 is 0 Å². The van der Waals surface area contributed by atoms with E-state index in [1.165, 1.54) is 11.3 Å². The minimum atomic E-state index is 0.585. The first-order valence-electron chi connectivity index (χ1n) is 5.73. The average Bonchev–Trinajstić information content (AvgIpc) is 2.39. The summed E-state index contributed by atoms with van der Waals surface area (Å²) in [5, 5.41) is 0. The molecule has 0 radical (unpaired) electrons. The lowest BCUT2D eigenvalue weighted by molar-refractivity contribution is 0.397. The Labute approximate surface area is 113 Å². The summed E-state index contributed by atoms with van der Waals surface area (Å²) in [4.78, 5) is 4.49. The molecule has 0 unspecified atom stereocenters. The van der Waals surface area contributed by atoms with Crippen LogP contribution in [0.25, 0.3) is 0 Å². The van der Waals surface area contributed by atoms with Crippen LogP contribution in [0, 0.1) is 0 Å². The molecule has 1 heterocycles. The Kier molecular flexibility index (Phi) is 4.25. The maximum absolute atomic E-state index is 5.76. The van der Waals surface area contributed by atoms with Crippen LogP contribution < -0.4 is 10.6 Å². The molecule has 0 spiro atoms. The number of anilines is 1. The van der Waals surface area contributed by atoms with Gasteiger partial charge in [0.2, 0.25) is 0 Å². The minimum absolute atomic E-state index is 0.585. The summed E-state index contributed by atoms with van der Waals surface area (Å²) in [6, 6.07) is 8.32. The van der Waals surface area contributed by atoms with Gasteiger partial charge in [-0.05, 0) is 11.6 Å². The van der Waals surface area contributed by atoms with Gasteiger partial charge in [0.25, 0.3) is 0 Å². The van der Waals surface area contributed by atoms with Crippen LogP contribution in [0.1, 0.15) is 5.56 Å². The number of thiocarbonyl (C=S) groups is 1. The molecule has 0 aromatic heterocycles. The largest absolute Gasteiger partial charge is 0.368 e. The van der Waals surface area contributed by atoms with Crippen LogP contribution in [0.2, 0.25) is 0 Å². The number of benzene rings is 1. The van der Waals surface area contributed by atoms with Crippen LogP contribution in [0.3, 0.4) is 0 Å². The molecule has 1 fully saturated rings. The number of hydrogen-bond donors (Lipinski definition) is 2. The molecule has 0 atom stereocenters. The molecule has 1 aliphatic rings. The maximum atomic E-state index is 5.76. The van der Waals surface area contributed by atoms with E-state index in [4.69, 9.17) is 18.0 Å². The lowest BCUT2D eigenvalue weighted by Gasteiger charge is -2.37. The lowest BCUT2D eigenvalue weighted by Crippen LogP contribution is -2.47. The standard InChI is InChI=1S/C12H17N3S2/c13-9-10-3-1-2-4-11(10)14-5-7-15(8-6-14)12(16)17/h1-4H,5-9,13H2,(H,16,17). The summed E-state index contributed by atoms with van der Waals surface area (Å²) < 4.78 is 0.691. The molecule has 2 N–H and O–H groups in total. The van der Waals surface area contributed by atoms with E-state index in [1.54, 1.807) is 0 Å². The summed E-state index contributed by atoms with van der Waals surface area (Å²) in [6.07, 6.45) is 0. The van der Waals surface area contributed by atoms with Crippen LogP contribution in [0.15, 0.2) is 24.3 Å². The molecular formula is C12H17N3S2. The van der Waals surface area contributed by atoms with Gasteiger partial charge in [0.1, 0.15) is 4.32 Å². The fourth-order valence-electron chi connectivity index (χ4n) is 2.13. The highest BCUT2D eigenvalue weighted by Gasteiger charge is 2.18. The fourth-order valence-corrected chi connectivity index (χ4v) is 2.51. The van der Waals surface area contributed by atoms with Crippen molar-refractivity contribution in [2.24, 2.45) is 5.73 Å². The van der Waals surface area contributed by atoms with Crippen LogP contribution >= 0.6 is 24.8 Å². The number of para-hydroxylation sites is 1. The second-order valence-electron chi connectivity index (χ2n) is 4.09. The van der Waals surface area contributed by atoms with Gasteiger partial charge >= 0.3 is 0 Å². The molecule has 1 saturated heterocycles. The Balaban J connectivity index is 2.07. The third-order valence-corrected chi connectivity index (χ3v) is 3.64. The van der Waals surface area contributed by atoms with Crippen molar-refractivity contribution >= 4 is 34.9 Å². The van der Waals surface area contributed by atoms with Crippen LogP contribution in [-0.4, -0.2) is 35.4 Å². The number of hydrogen-bond acceptors (Lipinski definition) is 3. The Morgan fingerprint density at radius 1 is 1.24 bits per heavy atom. The van der Waals surface area contributed by atoms with Gasteiger partial charge in [0.05, 0.1) is 0 Å². The van der Waals surface area contributed by atoms with Crippen molar-refractivity contribution in [3.63, 3.8) is 0 Å². The maximum Gasteiger partial charge on any atom is 0.133 e. The third kappa shape index (κ3) is 2.91. The van der Waals surface area contributed by atoms with E-state index in [2.05, 4.69) is 40.6 Å². The predicted molar refractivity (Wildman–Crippen MR) is 79.7 cm³/mol. The topological polar surface area (TPSA) is 32.5 Å². The number of nitrogens with zero attached hydrogens (tertiary/aromatic N) is 2. The second kappa shape index (κ2) is 5.71. The van der Waals surface area contributed by atoms with E-state index in [9.17, 15) is 0 Å². The molecule has 17 heavy (non-hydrogen) atoms. The van der Waals surface area contributed by atoms with Crippen LogP contribution in [0.4, 0.5) is 5.69 Å². The second-order valence-corrected chi connectivity index (χ2v) is 5.20. The average molecular weight is 267 g/mol. The highest BCUT2D eigenvalue weighted by molar-refractivity contribution is 8.10. The molecule has 3 nitrogen and oxygen atoms in total. The SMILES string of the molecule is NCc1ccccc1N1CCN(C(=S)S)CC1. The molecule has 0 aliphatic carbocycles. The quantitative estimate of drug-likeness (QED) is 0.628. The van der Waals surface area contributed by atoms with Crippen molar-refractivity contribution in [2.75, 3.05) is 31.1 Å². The van der Waals surface area contributed by atoms with Gasteiger partial charge in [-0.1, -0.05) is 30.4 Å². The Bertz CT molecular complexity index is 400. The van der Waals surface area contributed by atoms with Crippen molar-refractivity contribution in [2.45, 2.75) is 6.54 Å². The highest BCUT2D eigenvalue weighted by Crippen LogP contribution is 2.21. The molecule has 1 aromatic rings. The van der Waals surface area contributed by atoms with Gasteiger partial charge < -0.3 is 15.5 Å². The zero-order valence-electron chi connectivity index (χ0n) is 9.67. The smallest absolute Gasteiger partial charge is 0.133 e. The molecule has 0 bridgehead atoms. The minimum Gasteiger partial charge on any atom is -0.368 e. The fraction of sp³-hybridized carbons (Fsp3) is 0.417. The first kappa shape index (κ1) is 12.7. The number of nitrogens with two attached hydrogens (primary N) is 1. The molecule has 0 amide bonds. The Hall–Kier alpha value is -0.780. The summed E-state index contributed by atoms with van der Waals surface area (Å²) in [5.41, 5.74) is 8.22. The molecule has 0 saturated carbocycles. The molecule has 2 rings (SSSR count). The van der Waals surface area contributed by atoms with Gasteiger partial charge in [0.15, 0.2) is 0 Å². The van der Waals surface area contributed by atoms with E-state index >= 15 is 0 Å².